The maximum Gasteiger partial charge on any atom is 0.513 e. The predicted molar refractivity (Wildman–Crippen MR) is 93.4 cm³/mol. The Labute approximate surface area is 148 Å². The lowest BCUT2D eigenvalue weighted by Crippen LogP contribution is -2.32. The summed E-state index contributed by atoms with van der Waals surface area (Å²) < 4.78 is 15.3. The zero-order chi connectivity index (χ0) is 16.1. The molecule has 1 aromatic carbocycles. The van der Waals surface area contributed by atoms with Crippen LogP contribution in [0.2, 0.25) is 0 Å². The van der Waals surface area contributed by atoms with Crippen LogP contribution in [0.1, 0.15) is 18.4 Å². The normalized spacial score (nSPS) is 16.7. The van der Waals surface area contributed by atoms with E-state index in [1.54, 1.807) is 0 Å². The van der Waals surface area contributed by atoms with E-state index >= 15 is 0 Å². The fraction of sp³-hybridized carbons (Fsp3) is 0.389. The summed E-state index contributed by atoms with van der Waals surface area (Å²) in [6.45, 7) is 2.53. The van der Waals surface area contributed by atoms with Gasteiger partial charge in [-0.1, -0.05) is 18.2 Å². The van der Waals surface area contributed by atoms with E-state index < -0.39 is 6.16 Å². The standard InChI is InChI=1S/C18H21NO4.ClH/c1-21-18(20)23-16-6-4-9-19(12-16)10-8-14-11-15-5-2-3-7-17(15)22-13-14;/h2-3,5-7,13H,4,8-12H2,1H3;1H. The highest BCUT2D eigenvalue weighted by molar-refractivity contribution is 5.85. The maximum absolute atomic E-state index is 11.2. The van der Waals surface area contributed by atoms with E-state index in [9.17, 15) is 4.79 Å². The average Bonchev–Trinajstić information content (AvgIpc) is 2.60. The number of para-hydroxylation sites is 1. The van der Waals surface area contributed by atoms with Crippen molar-refractivity contribution in [1.82, 2.24) is 4.90 Å². The van der Waals surface area contributed by atoms with Gasteiger partial charge in [-0.2, -0.15) is 0 Å². The molecule has 0 bridgehead atoms. The number of halogens is 1. The summed E-state index contributed by atoms with van der Waals surface area (Å²) in [5.74, 6) is 1.62. The fourth-order valence-corrected chi connectivity index (χ4v) is 2.83. The van der Waals surface area contributed by atoms with Crippen molar-refractivity contribution >= 4 is 18.6 Å². The summed E-state index contributed by atoms with van der Waals surface area (Å²) >= 11 is 0. The first-order valence-corrected chi connectivity index (χ1v) is 7.84. The minimum absolute atomic E-state index is 0. The van der Waals surface area contributed by atoms with Gasteiger partial charge < -0.3 is 14.2 Å². The molecule has 0 saturated heterocycles. The van der Waals surface area contributed by atoms with Gasteiger partial charge in [0.05, 0.1) is 19.9 Å². The van der Waals surface area contributed by atoms with Crippen molar-refractivity contribution in [2.24, 2.45) is 0 Å². The Morgan fingerprint density at radius 3 is 3.00 bits per heavy atom. The quantitative estimate of drug-likeness (QED) is 0.774. The highest BCUT2D eigenvalue weighted by Gasteiger charge is 2.18. The van der Waals surface area contributed by atoms with Crippen LogP contribution >= 0.6 is 12.4 Å². The van der Waals surface area contributed by atoms with Gasteiger partial charge >= 0.3 is 6.16 Å². The summed E-state index contributed by atoms with van der Waals surface area (Å²) in [6.07, 6.45) is 5.93. The number of nitrogens with zero attached hydrogens (tertiary/aromatic N) is 1. The summed E-state index contributed by atoms with van der Waals surface area (Å²) in [5.41, 5.74) is 2.52. The molecule has 2 aliphatic rings. The van der Waals surface area contributed by atoms with Crippen molar-refractivity contribution in [2.75, 3.05) is 26.7 Å². The number of ether oxygens (including phenoxy) is 3. The molecule has 6 heteroatoms. The Kier molecular flexibility index (Phi) is 6.70. The van der Waals surface area contributed by atoms with Crippen LogP contribution < -0.4 is 4.74 Å². The SMILES string of the molecule is COC(=O)OC1=CCCN(CCC2=COc3ccccc3C2)C1.Cl. The molecular weight excluding hydrogens is 330 g/mol. The van der Waals surface area contributed by atoms with Crippen molar-refractivity contribution < 1.29 is 19.0 Å². The van der Waals surface area contributed by atoms with Gasteiger partial charge in [-0.05, 0) is 36.1 Å². The van der Waals surface area contributed by atoms with Gasteiger partial charge in [0.15, 0.2) is 0 Å². The van der Waals surface area contributed by atoms with Crippen LogP contribution in [0.5, 0.6) is 5.75 Å². The van der Waals surface area contributed by atoms with Gasteiger partial charge in [-0.3, -0.25) is 4.90 Å². The van der Waals surface area contributed by atoms with Crippen molar-refractivity contribution in [2.45, 2.75) is 19.3 Å². The van der Waals surface area contributed by atoms with Crippen LogP contribution in [-0.4, -0.2) is 37.8 Å². The van der Waals surface area contributed by atoms with Crippen LogP contribution in [0, 0.1) is 0 Å². The summed E-state index contributed by atoms with van der Waals surface area (Å²) in [7, 11) is 1.32. The number of benzene rings is 1. The minimum atomic E-state index is -0.655. The molecule has 0 radical (unpaired) electrons. The molecule has 2 aliphatic heterocycles. The lowest BCUT2D eigenvalue weighted by atomic mass is 10.0. The molecule has 0 atom stereocenters. The van der Waals surface area contributed by atoms with Gasteiger partial charge in [-0.15, -0.1) is 12.4 Å². The number of hydrogen-bond donors (Lipinski definition) is 0. The van der Waals surface area contributed by atoms with E-state index in [0.717, 1.165) is 38.1 Å². The van der Waals surface area contributed by atoms with E-state index in [0.29, 0.717) is 12.3 Å². The second kappa shape index (κ2) is 8.76. The lowest BCUT2D eigenvalue weighted by Gasteiger charge is -2.27. The number of fused-ring (bicyclic) bond motifs is 1. The molecule has 3 rings (SSSR count). The van der Waals surface area contributed by atoms with Gasteiger partial charge in [0.2, 0.25) is 0 Å². The van der Waals surface area contributed by atoms with Crippen molar-refractivity contribution in [1.29, 1.82) is 0 Å². The molecule has 2 heterocycles. The maximum atomic E-state index is 11.2. The zero-order valence-electron chi connectivity index (χ0n) is 13.7. The third-order valence-electron chi connectivity index (χ3n) is 4.07. The van der Waals surface area contributed by atoms with Gasteiger partial charge in [0.1, 0.15) is 11.5 Å². The van der Waals surface area contributed by atoms with Crippen molar-refractivity contribution in [3.05, 3.63) is 53.5 Å². The van der Waals surface area contributed by atoms with E-state index in [1.165, 1.54) is 18.2 Å². The first-order chi connectivity index (χ1) is 11.2. The Bertz CT molecular complexity index is 642. The summed E-state index contributed by atoms with van der Waals surface area (Å²) in [6, 6.07) is 8.13. The molecule has 0 aromatic heterocycles. The monoisotopic (exact) mass is 351 g/mol. The van der Waals surface area contributed by atoms with Gasteiger partial charge in [-0.25, -0.2) is 4.79 Å². The van der Waals surface area contributed by atoms with Crippen LogP contribution in [-0.2, 0) is 15.9 Å². The van der Waals surface area contributed by atoms with E-state index in [-0.39, 0.29) is 12.4 Å². The lowest BCUT2D eigenvalue weighted by molar-refractivity contribution is 0.0873. The van der Waals surface area contributed by atoms with E-state index in [2.05, 4.69) is 15.7 Å². The Morgan fingerprint density at radius 2 is 2.17 bits per heavy atom. The molecule has 0 N–H and O–H groups in total. The molecule has 0 saturated carbocycles. The Morgan fingerprint density at radius 1 is 1.33 bits per heavy atom. The molecule has 0 aliphatic carbocycles. The van der Waals surface area contributed by atoms with Crippen LogP contribution in [0.4, 0.5) is 4.79 Å². The molecule has 24 heavy (non-hydrogen) atoms. The first-order valence-electron chi connectivity index (χ1n) is 7.84. The first kappa shape index (κ1) is 18.4. The largest absolute Gasteiger partial charge is 0.513 e. The van der Waals surface area contributed by atoms with Crippen molar-refractivity contribution in [3.63, 3.8) is 0 Å². The minimum Gasteiger partial charge on any atom is -0.465 e. The number of methoxy groups -OCH3 is 1. The Balaban J connectivity index is 0.00000208. The third-order valence-corrected chi connectivity index (χ3v) is 4.07. The molecule has 0 fully saturated rings. The van der Waals surface area contributed by atoms with E-state index in [1.807, 2.05) is 30.5 Å². The molecule has 0 amide bonds. The molecule has 5 nitrogen and oxygen atoms in total. The van der Waals surface area contributed by atoms with Gasteiger partial charge in [0, 0.05) is 19.5 Å². The summed E-state index contributed by atoms with van der Waals surface area (Å²) in [5, 5.41) is 0. The second-order valence-corrected chi connectivity index (χ2v) is 5.72. The molecule has 0 spiro atoms. The number of carbonyl (C=O) groups excluding carboxylic acids is 1. The highest BCUT2D eigenvalue weighted by atomic mass is 35.5. The topological polar surface area (TPSA) is 48.0 Å². The smallest absolute Gasteiger partial charge is 0.465 e. The van der Waals surface area contributed by atoms with Crippen molar-refractivity contribution in [3.8, 4) is 5.75 Å². The second-order valence-electron chi connectivity index (χ2n) is 5.72. The highest BCUT2D eigenvalue weighted by Crippen LogP contribution is 2.27. The van der Waals surface area contributed by atoms with Crippen LogP contribution in [0.3, 0.4) is 0 Å². The summed E-state index contributed by atoms with van der Waals surface area (Å²) in [4.78, 5) is 13.5. The fourth-order valence-electron chi connectivity index (χ4n) is 2.83. The predicted octanol–water partition coefficient (Wildman–Crippen LogP) is 3.69. The average molecular weight is 352 g/mol. The van der Waals surface area contributed by atoms with Crippen LogP contribution in [0.15, 0.2) is 47.9 Å². The van der Waals surface area contributed by atoms with Gasteiger partial charge in [0.25, 0.3) is 0 Å². The molecule has 1 aromatic rings. The van der Waals surface area contributed by atoms with E-state index in [4.69, 9.17) is 9.47 Å². The number of carbonyl (C=O) groups is 1. The third kappa shape index (κ3) is 4.76. The molecular formula is C18H22ClNO4. The number of rotatable bonds is 4. The molecule has 0 unspecified atom stereocenters. The van der Waals surface area contributed by atoms with Crippen LogP contribution in [0.25, 0.3) is 0 Å². The Hall–Kier alpha value is -1.98. The number of hydrogen-bond acceptors (Lipinski definition) is 5. The zero-order valence-corrected chi connectivity index (χ0v) is 14.5. The molecule has 130 valence electrons.